The molecular weight excluding hydrogens is 362 g/mol. The number of anilines is 2. The van der Waals surface area contributed by atoms with Gasteiger partial charge in [0.2, 0.25) is 5.91 Å². The van der Waals surface area contributed by atoms with E-state index in [0.717, 1.165) is 0 Å². The molecule has 1 aliphatic heterocycles. The number of carbonyl (C=O) groups excluding carboxylic acids is 2. The summed E-state index contributed by atoms with van der Waals surface area (Å²) in [6, 6.07) is 12.1. The maximum atomic E-state index is 12.7. The molecule has 0 unspecified atom stereocenters. The van der Waals surface area contributed by atoms with E-state index in [4.69, 9.17) is 14.2 Å². The van der Waals surface area contributed by atoms with Crippen LogP contribution in [0.3, 0.4) is 0 Å². The molecule has 0 bridgehead atoms. The highest BCUT2D eigenvalue weighted by atomic mass is 16.6. The zero-order chi connectivity index (χ0) is 19.8. The van der Waals surface area contributed by atoms with Gasteiger partial charge in [-0.25, -0.2) is 0 Å². The molecule has 2 amide bonds. The maximum absolute atomic E-state index is 12.7. The fourth-order valence-corrected chi connectivity index (χ4v) is 2.68. The highest BCUT2D eigenvalue weighted by Gasteiger charge is 2.16. The van der Waals surface area contributed by atoms with Crippen LogP contribution in [0, 0.1) is 0 Å². The lowest BCUT2D eigenvalue weighted by Gasteiger charge is -2.19. The van der Waals surface area contributed by atoms with Crippen molar-refractivity contribution in [3.05, 3.63) is 48.0 Å². The maximum Gasteiger partial charge on any atom is 0.257 e. The molecule has 0 spiro atoms. The Balaban J connectivity index is 1.64. The van der Waals surface area contributed by atoms with Crippen molar-refractivity contribution in [2.45, 2.75) is 0 Å². The Morgan fingerprint density at radius 3 is 2.64 bits per heavy atom. The minimum atomic E-state index is -0.333. The van der Waals surface area contributed by atoms with E-state index in [-0.39, 0.29) is 18.4 Å². The Hall–Kier alpha value is -3.10. The fraction of sp³-hybridized carbons (Fsp3) is 0.300. The molecule has 1 heterocycles. The second kappa shape index (κ2) is 9.72. The van der Waals surface area contributed by atoms with E-state index >= 15 is 0 Å². The topological polar surface area (TPSA) is 97.9 Å². The summed E-state index contributed by atoms with van der Waals surface area (Å²) in [5.74, 6) is 0.668. The van der Waals surface area contributed by atoms with E-state index in [1.165, 1.54) is 0 Å². The summed E-state index contributed by atoms with van der Waals surface area (Å²) in [7, 11) is 1.60. The van der Waals surface area contributed by atoms with Gasteiger partial charge in [0, 0.05) is 25.4 Å². The van der Waals surface area contributed by atoms with E-state index < -0.39 is 0 Å². The van der Waals surface area contributed by atoms with Crippen molar-refractivity contribution in [2.75, 3.05) is 50.7 Å². The van der Waals surface area contributed by atoms with Gasteiger partial charge in [-0.1, -0.05) is 12.1 Å². The van der Waals surface area contributed by atoms with Crippen LogP contribution in [-0.4, -0.2) is 51.8 Å². The summed E-state index contributed by atoms with van der Waals surface area (Å²) >= 11 is 0. The second-order valence-electron chi connectivity index (χ2n) is 6.08. The lowest BCUT2D eigenvalue weighted by atomic mass is 10.1. The minimum absolute atomic E-state index is 0.126. The number of benzene rings is 2. The average Bonchev–Trinajstić information content (AvgIpc) is 2.71. The molecular formula is C20H23N3O5. The largest absolute Gasteiger partial charge is 0.486 e. The summed E-state index contributed by atoms with van der Waals surface area (Å²) in [6.07, 6.45) is 0. The molecule has 2 aromatic rings. The number of ether oxygens (including phenoxy) is 3. The number of rotatable bonds is 8. The smallest absolute Gasteiger partial charge is 0.257 e. The number of para-hydroxylation sites is 1. The van der Waals surface area contributed by atoms with Gasteiger partial charge in [-0.3, -0.25) is 9.59 Å². The molecule has 1 aliphatic rings. The monoisotopic (exact) mass is 385 g/mol. The van der Waals surface area contributed by atoms with Crippen molar-refractivity contribution in [1.82, 2.24) is 5.32 Å². The first kappa shape index (κ1) is 19.7. The zero-order valence-electron chi connectivity index (χ0n) is 15.6. The van der Waals surface area contributed by atoms with Gasteiger partial charge in [0.05, 0.1) is 24.4 Å². The van der Waals surface area contributed by atoms with Crippen molar-refractivity contribution >= 4 is 23.2 Å². The van der Waals surface area contributed by atoms with Gasteiger partial charge in [0.1, 0.15) is 13.2 Å². The van der Waals surface area contributed by atoms with Crippen LogP contribution in [0.25, 0.3) is 0 Å². The van der Waals surface area contributed by atoms with E-state index in [1.807, 2.05) is 0 Å². The average molecular weight is 385 g/mol. The van der Waals surface area contributed by atoms with Gasteiger partial charge in [-0.05, 0) is 24.3 Å². The number of hydrogen-bond acceptors (Lipinski definition) is 6. The van der Waals surface area contributed by atoms with Crippen molar-refractivity contribution in [1.29, 1.82) is 0 Å². The van der Waals surface area contributed by atoms with Crippen LogP contribution in [0.5, 0.6) is 11.5 Å². The SMILES string of the molecule is COCCNCC(=O)Nc1ccccc1C(=O)Nc1ccc2c(c1)OCCO2. The van der Waals surface area contributed by atoms with E-state index in [1.54, 1.807) is 49.6 Å². The minimum Gasteiger partial charge on any atom is -0.486 e. The Bertz CT molecular complexity index is 840. The molecule has 2 aromatic carbocycles. The third-order valence-corrected chi connectivity index (χ3v) is 4.01. The van der Waals surface area contributed by atoms with Crippen LogP contribution < -0.4 is 25.4 Å². The van der Waals surface area contributed by atoms with Crippen LogP contribution in [0.2, 0.25) is 0 Å². The molecule has 0 saturated carbocycles. The summed E-state index contributed by atoms with van der Waals surface area (Å²) in [5, 5.41) is 8.54. The molecule has 8 heteroatoms. The number of methoxy groups -OCH3 is 1. The highest BCUT2D eigenvalue weighted by molar-refractivity contribution is 6.10. The highest BCUT2D eigenvalue weighted by Crippen LogP contribution is 2.32. The Morgan fingerprint density at radius 1 is 1.04 bits per heavy atom. The van der Waals surface area contributed by atoms with Crippen molar-refractivity contribution in [3.63, 3.8) is 0 Å². The standard InChI is InChI=1S/C20H23N3O5/c1-26-9-8-21-13-19(24)23-16-5-3-2-4-15(16)20(25)22-14-6-7-17-18(12-14)28-11-10-27-17/h2-7,12,21H,8-11,13H2,1H3,(H,22,25)(H,23,24). The predicted octanol–water partition coefficient (Wildman–Crippen LogP) is 1.88. The van der Waals surface area contributed by atoms with E-state index in [9.17, 15) is 9.59 Å². The van der Waals surface area contributed by atoms with Crippen molar-refractivity contribution in [3.8, 4) is 11.5 Å². The molecule has 0 aliphatic carbocycles. The third-order valence-electron chi connectivity index (χ3n) is 4.01. The van der Waals surface area contributed by atoms with Crippen LogP contribution in [0.15, 0.2) is 42.5 Å². The first-order valence-electron chi connectivity index (χ1n) is 8.97. The summed E-state index contributed by atoms with van der Waals surface area (Å²) in [5.41, 5.74) is 1.38. The van der Waals surface area contributed by atoms with Gasteiger partial charge < -0.3 is 30.2 Å². The molecule has 0 aromatic heterocycles. The number of amides is 2. The van der Waals surface area contributed by atoms with Gasteiger partial charge in [0.15, 0.2) is 11.5 Å². The second-order valence-corrected chi connectivity index (χ2v) is 6.08. The molecule has 3 N–H and O–H groups in total. The first-order chi connectivity index (χ1) is 13.7. The Morgan fingerprint density at radius 2 is 1.82 bits per heavy atom. The van der Waals surface area contributed by atoms with Gasteiger partial charge in [-0.15, -0.1) is 0 Å². The number of carbonyl (C=O) groups is 2. The third kappa shape index (κ3) is 5.21. The molecule has 148 valence electrons. The van der Waals surface area contributed by atoms with Crippen molar-refractivity contribution < 1.29 is 23.8 Å². The lowest BCUT2D eigenvalue weighted by Crippen LogP contribution is -2.31. The first-order valence-corrected chi connectivity index (χ1v) is 8.97. The van der Waals surface area contributed by atoms with Crippen LogP contribution in [0.4, 0.5) is 11.4 Å². The van der Waals surface area contributed by atoms with Crippen LogP contribution >= 0.6 is 0 Å². The predicted molar refractivity (Wildman–Crippen MR) is 105 cm³/mol. The summed E-state index contributed by atoms with van der Waals surface area (Å²) in [6.45, 7) is 2.18. The number of hydrogen-bond donors (Lipinski definition) is 3. The van der Waals surface area contributed by atoms with Crippen LogP contribution in [0.1, 0.15) is 10.4 Å². The quantitative estimate of drug-likeness (QED) is 0.601. The number of nitrogens with one attached hydrogen (secondary N) is 3. The fourth-order valence-electron chi connectivity index (χ4n) is 2.68. The summed E-state index contributed by atoms with van der Waals surface area (Å²) < 4.78 is 15.9. The van der Waals surface area contributed by atoms with Gasteiger partial charge in [0.25, 0.3) is 5.91 Å². The Labute approximate surface area is 163 Å². The number of fused-ring (bicyclic) bond motifs is 1. The molecule has 0 saturated heterocycles. The van der Waals surface area contributed by atoms with Crippen LogP contribution in [-0.2, 0) is 9.53 Å². The molecule has 0 atom stereocenters. The normalized spacial score (nSPS) is 12.3. The lowest BCUT2D eigenvalue weighted by molar-refractivity contribution is -0.115. The van der Waals surface area contributed by atoms with Crippen molar-refractivity contribution in [2.24, 2.45) is 0 Å². The molecule has 0 fully saturated rings. The van der Waals surface area contributed by atoms with E-state index in [0.29, 0.717) is 54.8 Å². The zero-order valence-corrected chi connectivity index (χ0v) is 15.6. The molecule has 28 heavy (non-hydrogen) atoms. The molecule has 0 radical (unpaired) electrons. The molecule has 8 nitrogen and oxygen atoms in total. The summed E-state index contributed by atoms with van der Waals surface area (Å²) in [4.78, 5) is 24.8. The van der Waals surface area contributed by atoms with Gasteiger partial charge >= 0.3 is 0 Å². The van der Waals surface area contributed by atoms with Gasteiger partial charge in [-0.2, -0.15) is 0 Å². The van der Waals surface area contributed by atoms with E-state index in [2.05, 4.69) is 16.0 Å². The molecule has 3 rings (SSSR count). The Kier molecular flexibility index (Phi) is 6.83.